The van der Waals surface area contributed by atoms with Gasteiger partial charge in [-0.05, 0) is 6.07 Å². The minimum Gasteiger partial charge on any atom is -0.381 e. The zero-order valence-corrected chi connectivity index (χ0v) is 12.5. The summed E-state index contributed by atoms with van der Waals surface area (Å²) in [5.41, 5.74) is 0.296. The lowest BCUT2D eigenvalue weighted by molar-refractivity contribution is -0.384. The highest BCUT2D eigenvalue weighted by Gasteiger charge is 2.24. The van der Waals surface area contributed by atoms with E-state index in [1.165, 1.54) is 12.1 Å². The fourth-order valence-electron chi connectivity index (χ4n) is 2.06. The number of hydrogen-bond acceptors (Lipinski definition) is 5. The molecule has 8 heteroatoms. The number of nitro groups is 1. The summed E-state index contributed by atoms with van der Waals surface area (Å²) in [4.78, 5) is 24.6. The summed E-state index contributed by atoms with van der Waals surface area (Å²) < 4.78 is 0. The highest BCUT2D eigenvalue weighted by Crippen LogP contribution is 2.33. The first-order valence-corrected chi connectivity index (χ1v) is 7.60. The van der Waals surface area contributed by atoms with E-state index in [2.05, 4.69) is 5.32 Å². The van der Waals surface area contributed by atoms with E-state index in [1.807, 2.05) is 0 Å². The van der Waals surface area contributed by atoms with Crippen LogP contribution in [-0.4, -0.2) is 47.4 Å². The van der Waals surface area contributed by atoms with Crippen molar-refractivity contribution < 1.29 is 9.72 Å². The van der Waals surface area contributed by atoms with E-state index in [0.29, 0.717) is 13.1 Å². The molecule has 0 aliphatic carbocycles. The van der Waals surface area contributed by atoms with Gasteiger partial charge in [0.05, 0.1) is 9.95 Å². The van der Waals surface area contributed by atoms with Crippen molar-refractivity contribution in [2.45, 2.75) is 0 Å². The summed E-state index contributed by atoms with van der Waals surface area (Å²) in [5.74, 6) is 1.56. The summed E-state index contributed by atoms with van der Waals surface area (Å²) in [7, 11) is 1.55. The number of carbonyl (C=O) groups is 1. The summed E-state index contributed by atoms with van der Waals surface area (Å²) >= 11 is 7.81. The SMILES string of the molecule is CNc1c(Cl)cc(C(=O)N2CCSCC2)cc1[N+](=O)[O-]. The van der Waals surface area contributed by atoms with Gasteiger partial charge in [-0.2, -0.15) is 11.8 Å². The molecule has 0 saturated carbocycles. The van der Waals surface area contributed by atoms with E-state index in [1.54, 1.807) is 23.7 Å². The molecule has 0 aromatic heterocycles. The van der Waals surface area contributed by atoms with Crippen molar-refractivity contribution in [3.05, 3.63) is 32.8 Å². The van der Waals surface area contributed by atoms with E-state index >= 15 is 0 Å². The van der Waals surface area contributed by atoms with Gasteiger partial charge in [0, 0.05) is 43.3 Å². The molecule has 0 atom stereocenters. The van der Waals surface area contributed by atoms with Crippen LogP contribution in [0.4, 0.5) is 11.4 Å². The van der Waals surface area contributed by atoms with Crippen LogP contribution in [0.1, 0.15) is 10.4 Å². The maximum atomic E-state index is 12.3. The summed E-state index contributed by atoms with van der Waals surface area (Å²) in [6.07, 6.45) is 0. The van der Waals surface area contributed by atoms with Gasteiger partial charge < -0.3 is 10.2 Å². The average molecular weight is 316 g/mol. The minimum absolute atomic E-state index is 0.177. The molecule has 1 aromatic rings. The number of nitro benzene ring substituents is 1. The number of carbonyl (C=O) groups excluding carboxylic acids is 1. The monoisotopic (exact) mass is 315 g/mol. The molecule has 108 valence electrons. The third kappa shape index (κ3) is 2.99. The van der Waals surface area contributed by atoms with Crippen molar-refractivity contribution in [1.29, 1.82) is 0 Å². The molecule has 1 amide bonds. The molecule has 1 N–H and O–H groups in total. The largest absolute Gasteiger partial charge is 0.381 e. The predicted octanol–water partition coefficient (Wildman–Crippen LogP) is 2.48. The van der Waals surface area contributed by atoms with Crippen LogP contribution in [0.25, 0.3) is 0 Å². The molecule has 6 nitrogen and oxygen atoms in total. The van der Waals surface area contributed by atoms with Crippen LogP contribution in [0.3, 0.4) is 0 Å². The fourth-order valence-corrected chi connectivity index (χ4v) is 3.27. The number of amides is 1. The molecular formula is C12H14ClN3O3S. The van der Waals surface area contributed by atoms with Crippen molar-refractivity contribution in [1.82, 2.24) is 4.90 Å². The number of nitrogens with zero attached hydrogens (tertiary/aromatic N) is 2. The Kier molecular flexibility index (Phi) is 4.72. The summed E-state index contributed by atoms with van der Waals surface area (Å²) in [5, 5.41) is 13.9. The third-order valence-corrected chi connectivity index (χ3v) is 4.30. The van der Waals surface area contributed by atoms with Crippen molar-refractivity contribution in [2.24, 2.45) is 0 Å². The van der Waals surface area contributed by atoms with Crippen LogP contribution < -0.4 is 5.32 Å². The number of hydrogen-bond donors (Lipinski definition) is 1. The van der Waals surface area contributed by atoms with Crippen LogP contribution in [0.15, 0.2) is 12.1 Å². The van der Waals surface area contributed by atoms with Crippen LogP contribution in [0.5, 0.6) is 0 Å². The molecule has 1 aliphatic rings. The number of halogens is 1. The molecule has 0 unspecified atom stereocenters. The Morgan fingerprint density at radius 2 is 2.10 bits per heavy atom. The maximum absolute atomic E-state index is 12.3. The first-order chi connectivity index (χ1) is 9.54. The second-order valence-corrected chi connectivity index (χ2v) is 5.90. The van der Waals surface area contributed by atoms with Gasteiger partial charge in [0.25, 0.3) is 11.6 Å². The Morgan fingerprint density at radius 1 is 1.45 bits per heavy atom. The van der Waals surface area contributed by atoms with Crippen molar-refractivity contribution in [3.8, 4) is 0 Å². The first-order valence-electron chi connectivity index (χ1n) is 6.07. The normalized spacial score (nSPS) is 15.0. The maximum Gasteiger partial charge on any atom is 0.294 e. The summed E-state index contributed by atoms with van der Waals surface area (Å²) in [6, 6.07) is 2.76. The zero-order chi connectivity index (χ0) is 14.7. The molecule has 0 spiro atoms. The smallest absolute Gasteiger partial charge is 0.294 e. The number of benzene rings is 1. The average Bonchev–Trinajstić information content (AvgIpc) is 2.46. The molecule has 1 fully saturated rings. The van der Waals surface area contributed by atoms with Gasteiger partial charge in [0.1, 0.15) is 5.69 Å². The van der Waals surface area contributed by atoms with Crippen LogP contribution >= 0.6 is 23.4 Å². The lowest BCUT2D eigenvalue weighted by Crippen LogP contribution is -2.37. The molecule has 0 bridgehead atoms. The fraction of sp³-hybridized carbons (Fsp3) is 0.417. The highest BCUT2D eigenvalue weighted by atomic mass is 35.5. The van der Waals surface area contributed by atoms with Gasteiger partial charge >= 0.3 is 0 Å². The number of thioether (sulfide) groups is 1. The highest BCUT2D eigenvalue weighted by molar-refractivity contribution is 7.99. The van der Waals surface area contributed by atoms with Gasteiger partial charge in [-0.1, -0.05) is 11.6 Å². The molecule has 0 radical (unpaired) electrons. The standard InChI is InChI=1S/C12H14ClN3O3S/c1-14-11-9(13)6-8(7-10(11)16(18)19)12(17)15-2-4-20-5-3-15/h6-7,14H,2-5H2,1H3. The van der Waals surface area contributed by atoms with E-state index < -0.39 is 4.92 Å². The van der Waals surface area contributed by atoms with Crippen LogP contribution in [0, 0.1) is 10.1 Å². The second-order valence-electron chi connectivity index (χ2n) is 4.26. The Bertz CT molecular complexity index is 547. The Balaban J connectivity index is 2.36. The molecule has 1 heterocycles. The number of rotatable bonds is 3. The topological polar surface area (TPSA) is 75.5 Å². The minimum atomic E-state index is -0.541. The van der Waals surface area contributed by atoms with Crippen molar-refractivity contribution in [2.75, 3.05) is 37.0 Å². The molecular weight excluding hydrogens is 302 g/mol. The van der Waals surface area contributed by atoms with Gasteiger partial charge in [-0.15, -0.1) is 0 Å². The first kappa shape index (κ1) is 14.9. The van der Waals surface area contributed by atoms with Gasteiger partial charge in [0.2, 0.25) is 0 Å². The van der Waals surface area contributed by atoms with Crippen molar-refractivity contribution >= 4 is 40.6 Å². The predicted molar refractivity (Wildman–Crippen MR) is 80.9 cm³/mol. The molecule has 2 rings (SSSR count). The van der Waals surface area contributed by atoms with Crippen molar-refractivity contribution in [3.63, 3.8) is 0 Å². The van der Waals surface area contributed by atoms with Crippen LogP contribution in [-0.2, 0) is 0 Å². The van der Waals surface area contributed by atoms with Gasteiger partial charge in [-0.25, -0.2) is 0 Å². The molecule has 1 aromatic carbocycles. The van der Waals surface area contributed by atoms with E-state index in [0.717, 1.165) is 11.5 Å². The number of anilines is 1. The second kappa shape index (κ2) is 6.32. The summed E-state index contributed by atoms with van der Waals surface area (Å²) in [6.45, 7) is 1.31. The van der Waals surface area contributed by atoms with Gasteiger partial charge in [0.15, 0.2) is 0 Å². The lowest BCUT2D eigenvalue weighted by Gasteiger charge is -2.26. The quantitative estimate of drug-likeness (QED) is 0.685. The molecule has 1 saturated heterocycles. The van der Waals surface area contributed by atoms with E-state index in [9.17, 15) is 14.9 Å². The van der Waals surface area contributed by atoms with E-state index in [4.69, 9.17) is 11.6 Å². The third-order valence-electron chi connectivity index (χ3n) is 3.06. The molecule has 20 heavy (non-hydrogen) atoms. The lowest BCUT2D eigenvalue weighted by atomic mass is 10.1. The number of nitrogens with one attached hydrogen (secondary N) is 1. The Labute approximate surface area is 125 Å². The van der Waals surface area contributed by atoms with Gasteiger partial charge in [-0.3, -0.25) is 14.9 Å². The Hall–Kier alpha value is -1.47. The Morgan fingerprint density at radius 3 is 2.65 bits per heavy atom. The van der Waals surface area contributed by atoms with E-state index in [-0.39, 0.29) is 27.9 Å². The zero-order valence-electron chi connectivity index (χ0n) is 10.9. The molecule has 1 aliphatic heterocycles. The van der Waals surface area contributed by atoms with Crippen LogP contribution in [0.2, 0.25) is 5.02 Å².